The lowest BCUT2D eigenvalue weighted by atomic mass is 10.3. The number of amides is 1. The van der Waals surface area contributed by atoms with Crippen molar-refractivity contribution in [3.63, 3.8) is 0 Å². The summed E-state index contributed by atoms with van der Waals surface area (Å²) in [7, 11) is 1.91. The van der Waals surface area contributed by atoms with Crippen molar-refractivity contribution in [2.24, 2.45) is 0 Å². The fraction of sp³-hybridized carbons (Fsp3) is 0.400. The lowest BCUT2D eigenvalue weighted by molar-refractivity contribution is -0.122. The van der Waals surface area contributed by atoms with Crippen molar-refractivity contribution in [1.82, 2.24) is 25.2 Å². The molecule has 2 aromatic heterocycles. The second-order valence-corrected chi connectivity index (χ2v) is 4.98. The maximum atomic E-state index is 11.8. The van der Waals surface area contributed by atoms with Gasteiger partial charge in [-0.05, 0) is 25.6 Å². The summed E-state index contributed by atoms with van der Waals surface area (Å²) >= 11 is 0. The number of nitrogens with one attached hydrogen (secondary N) is 2. The zero-order valence-electron chi connectivity index (χ0n) is 12.2. The first-order chi connectivity index (χ1) is 10.2. The lowest BCUT2D eigenvalue weighted by Crippen LogP contribution is -2.35. The molecule has 6 nitrogen and oxygen atoms in total. The molecular formula is C15H21N5O. The number of imidazole rings is 1. The summed E-state index contributed by atoms with van der Waals surface area (Å²) < 4.78 is 0. The maximum Gasteiger partial charge on any atom is 0.234 e. The van der Waals surface area contributed by atoms with E-state index >= 15 is 0 Å². The molecule has 0 saturated heterocycles. The standard InChI is InChI=1S/C15H21N5O/c1-20(11-13-5-2-3-7-16-13)12-15(21)19-8-4-6-14-17-9-10-18-14/h2-3,5,7,9-10H,4,6,8,11-12H2,1H3,(H,17,18)(H,19,21). The highest BCUT2D eigenvalue weighted by molar-refractivity contribution is 5.77. The molecule has 0 aromatic carbocycles. The number of aromatic nitrogens is 3. The average molecular weight is 287 g/mol. The summed E-state index contributed by atoms with van der Waals surface area (Å²) in [6.45, 7) is 1.70. The molecule has 0 aliphatic rings. The molecule has 21 heavy (non-hydrogen) atoms. The van der Waals surface area contributed by atoms with Gasteiger partial charge in [0.2, 0.25) is 5.91 Å². The van der Waals surface area contributed by atoms with E-state index in [0.29, 0.717) is 19.6 Å². The van der Waals surface area contributed by atoms with Crippen LogP contribution in [0.25, 0.3) is 0 Å². The summed E-state index contributed by atoms with van der Waals surface area (Å²) in [5, 5.41) is 2.92. The number of H-pyrrole nitrogens is 1. The first-order valence-corrected chi connectivity index (χ1v) is 7.07. The van der Waals surface area contributed by atoms with Gasteiger partial charge in [-0.2, -0.15) is 0 Å². The quantitative estimate of drug-likeness (QED) is 0.710. The van der Waals surface area contributed by atoms with Crippen LogP contribution in [0.2, 0.25) is 0 Å². The molecule has 0 aliphatic heterocycles. The van der Waals surface area contributed by atoms with E-state index in [1.807, 2.05) is 30.1 Å². The van der Waals surface area contributed by atoms with Gasteiger partial charge < -0.3 is 10.3 Å². The second-order valence-electron chi connectivity index (χ2n) is 4.98. The van der Waals surface area contributed by atoms with Crippen LogP contribution in [-0.2, 0) is 17.8 Å². The van der Waals surface area contributed by atoms with E-state index in [-0.39, 0.29) is 5.91 Å². The number of pyridine rings is 1. The fourth-order valence-electron chi connectivity index (χ4n) is 2.04. The minimum Gasteiger partial charge on any atom is -0.355 e. The molecule has 112 valence electrons. The zero-order valence-corrected chi connectivity index (χ0v) is 12.2. The number of hydrogen-bond acceptors (Lipinski definition) is 4. The Morgan fingerprint density at radius 3 is 2.95 bits per heavy atom. The van der Waals surface area contributed by atoms with Crippen molar-refractivity contribution in [2.45, 2.75) is 19.4 Å². The number of hydrogen-bond donors (Lipinski definition) is 2. The van der Waals surface area contributed by atoms with E-state index in [4.69, 9.17) is 0 Å². The van der Waals surface area contributed by atoms with Crippen LogP contribution in [0.3, 0.4) is 0 Å². The number of aryl methyl sites for hydroxylation is 1. The van der Waals surface area contributed by atoms with Crippen molar-refractivity contribution in [2.75, 3.05) is 20.1 Å². The van der Waals surface area contributed by atoms with Crippen LogP contribution in [0.15, 0.2) is 36.8 Å². The smallest absolute Gasteiger partial charge is 0.234 e. The molecule has 1 amide bonds. The topological polar surface area (TPSA) is 73.9 Å². The molecule has 0 spiro atoms. The van der Waals surface area contributed by atoms with Crippen molar-refractivity contribution in [3.8, 4) is 0 Å². The highest BCUT2D eigenvalue weighted by Gasteiger charge is 2.07. The Labute approximate surface area is 124 Å². The van der Waals surface area contributed by atoms with Gasteiger partial charge in [0.1, 0.15) is 5.82 Å². The molecule has 0 fully saturated rings. The largest absolute Gasteiger partial charge is 0.355 e. The fourth-order valence-corrected chi connectivity index (χ4v) is 2.04. The minimum atomic E-state index is 0.0351. The Bertz CT molecular complexity index is 526. The number of rotatable bonds is 8. The Morgan fingerprint density at radius 1 is 1.33 bits per heavy atom. The van der Waals surface area contributed by atoms with Crippen LogP contribution < -0.4 is 5.32 Å². The molecule has 2 heterocycles. The van der Waals surface area contributed by atoms with Crippen LogP contribution in [0, 0.1) is 0 Å². The van der Waals surface area contributed by atoms with E-state index in [0.717, 1.165) is 24.4 Å². The number of carbonyl (C=O) groups is 1. The van der Waals surface area contributed by atoms with Crippen LogP contribution >= 0.6 is 0 Å². The number of likely N-dealkylation sites (N-methyl/N-ethyl adjacent to an activating group) is 1. The van der Waals surface area contributed by atoms with Gasteiger partial charge in [0.15, 0.2) is 0 Å². The van der Waals surface area contributed by atoms with Crippen LogP contribution in [-0.4, -0.2) is 45.9 Å². The number of nitrogens with zero attached hydrogens (tertiary/aromatic N) is 3. The van der Waals surface area contributed by atoms with Crippen molar-refractivity contribution >= 4 is 5.91 Å². The molecule has 0 aliphatic carbocycles. The number of carbonyl (C=O) groups excluding carboxylic acids is 1. The summed E-state index contributed by atoms with van der Waals surface area (Å²) in [5.74, 6) is 0.990. The predicted octanol–water partition coefficient (Wildman–Crippen LogP) is 0.985. The summed E-state index contributed by atoms with van der Waals surface area (Å²) in [4.78, 5) is 25.2. The average Bonchev–Trinajstić information content (AvgIpc) is 2.98. The third kappa shape index (κ3) is 5.74. The van der Waals surface area contributed by atoms with Gasteiger partial charge in [-0.1, -0.05) is 6.07 Å². The van der Waals surface area contributed by atoms with Gasteiger partial charge in [0.05, 0.1) is 12.2 Å². The van der Waals surface area contributed by atoms with Crippen LogP contribution in [0.1, 0.15) is 17.9 Å². The van der Waals surface area contributed by atoms with Crippen molar-refractivity contribution < 1.29 is 4.79 Å². The third-order valence-corrected chi connectivity index (χ3v) is 3.04. The molecule has 0 radical (unpaired) electrons. The Hall–Kier alpha value is -2.21. The van der Waals surface area contributed by atoms with E-state index in [2.05, 4.69) is 20.3 Å². The highest BCUT2D eigenvalue weighted by Crippen LogP contribution is 1.98. The molecule has 2 rings (SSSR count). The summed E-state index contributed by atoms with van der Waals surface area (Å²) in [6.07, 6.45) is 7.03. The second kappa shape index (κ2) is 8.16. The predicted molar refractivity (Wildman–Crippen MR) is 80.5 cm³/mol. The van der Waals surface area contributed by atoms with Gasteiger partial charge in [-0.3, -0.25) is 14.7 Å². The molecular weight excluding hydrogens is 266 g/mol. The highest BCUT2D eigenvalue weighted by atomic mass is 16.2. The first kappa shape index (κ1) is 15.2. The Kier molecular flexibility index (Phi) is 5.90. The number of aromatic amines is 1. The Balaban J connectivity index is 1.60. The SMILES string of the molecule is CN(CC(=O)NCCCc1ncc[nH]1)Cc1ccccn1. The van der Waals surface area contributed by atoms with E-state index < -0.39 is 0 Å². The Morgan fingerprint density at radius 2 is 2.24 bits per heavy atom. The van der Waals surface area contributed by atoms with Gasteiger partial charge in [0, 0.05) is 38.1 Å². The van der Waals surface area contributed by atoms with E-state index in [1.165, 1.54) is 0 Å². The molecule has 0 unspecified atom stereocenters. The third-order valence-electron chi connectivity index (χ3n) is 3.04. The van der Waals surface area contributed by atoms with Crippen LogP contribution in [0.5, 0.6) is 0 Å². The normalized spacial score (nSPS) is 10.8. The molecule has 2 N–H and O–H groups in total. The lowest BCUT2D eigenvalue weighted by Gasteiger charge is -2.15. The van der Waals surface area contributed by atoms with E-state index in [9.17, 15) is 4.79 Å². The zero-order chi connectivity index (χ0) is 14.9. The minimum absolute atomic E-state index is 0.0351. The van der Waals surface area contributed by atoms with Crippen molar-refractivity contribution in [3.05, 3.63) is 48.3 Å². The van der Waals surface area contributed by atoms with Gasteiger partial charge in [-0.25, -0.2) is 4.98 Å². The van der Waals surface area contributed by atoms with E-state index in [1.54, 1.807) is 18.6 Å². The van der Waals surface area contributed by atoms with Crippen LogP contribution in [0.4, 0.5) is 0 Å². The maximum absolute atomic E-state index is 11.8. The molecule has 0 bridgehead atoms. The molecule has 0 saturated carbocycles. The molecule has 2 aromatic rings. The summed E-state index contributed by atoms with van der Waals surface area (Å²) in [6, 6.07) is 5.79. The molecule has 6 heteroatoms. The van der Waals surface area contributed by atoms with Crippen molar-refractivity contribution in [1.29, 1.82) is 0 Å². The van der Waals surface area contributed by atoms with Gasteiger partial charge in [0.25, 0.3) is 0 Å². The van der Waals surface area contributed by atoms with Gasteiger partial charge in [-0.15, -0.1) is 0 Å². The first-order valence-electron chi connectivity index (χ1n) is 7.07. The van der Waals surface area contributed by atoms with Gasteiger partial charge >= 0.3 is 0 Å². The summed E-state index contributed by atoms with van der Waals surface area (Å²) in [5.41, 5.74) is 0.964. The molecule has 0 atom stereocenters. The monoisotopic (exact) mass is 287 g/mol.